The molecule has 2 saturated heterocycles. The highest BCUT2D eigenvalue weighted by Gasteiger charge is 2.42. The third-order valence-corrected chi connectivity index (χ3v) is 5.51. The van der Waals surface area contributed by atoms with E-state index in [1.165, 1.54) is 5.57 Å². The molecule has 0 aromatic carbocycles. The molecule has 3 unspecified atom stereocenters. The smallest absolute Gasteiger partial charge is 0.191 e. The van der Waals surface area contributed by atoms with E-state index in [1.54, 1.807) is 0 Å². The second kappa shape index (κ2) is 8.79. The minimum atomic E-state index is -0.481. The molecule has 1 N–H and O–H groups in total. The molecule has 3 atom stereocenters. The fourth-order valence-corrected chi connectivity index (χ4v) is 3.66. The molecule has 0 saturated carbocycles. The molecule has 2 aliphatic heterocycles. The Kier molecular flexibility index (Phi) is 7.29. The van der Waals surface area contributed by atoms with Crippen LogP contribution in [0.1, 0.15) is 72.6 Å². The van der Waals surface area contributed by atoms with Crippen molar-refractivity contribution in [3.63, 3.8) is 0 Å². The Morgan fingerprint density at radius 1 is 1.17 bits per heavy atom. The zero-order valence-electron chi connectivity index (χ0n) is 16.0. The Bertz CT molecular complexity index is 410. The van der Waals surface area contributed by atoms with E-state index < -0.39 is 5.79 Å². The second-order valence-electron chi connectivity index (χ2n) is 8.15. The topological polar surface area (TPSA) is 47.9 Å². The maximum absolute atomic E-state index is 10.2. The molecule has 24 heavy (non-hydrogen) atoms. The molecular formula is C20H36O4. The molecule has 2 rings (SSSR count). The van der Waals surface area contributed by atoms with Crippen LogP contribution in [0.4, 0.5) is 0 Å². The molecule has 0 aromatic heterocycles. The minimum Gasteiger partial charge on any atom is -0.393 e. The van der Waals surface area contributed by atoms with Crippen LogP contribution in [-0.4, -0.2) is 42.4 Å². The standard InChI is InChI=1S/C20H36O4/c1-16(2)8-9-18(21)17(3)7-5-10-19(4)11-6-12-20(15-24-19)22-13-14-23-20/h8,17-18,21H,5-7,9-15H2,1-4H3. The molecule has 140 valence electrons. The molecule has 2 aliphatic rings. The first-order valence-corrected chi connectivity index (χ1v) is 9.57. The van der Waals surface area contributed by atoms with Gasteiger partial charge >= 0.3 is 0 Å². The van der Waals surface area contributed by atoms with Gasteiger partial charge in [0.1, 0.15) is 6.61 Å². The molecule has 0 radical (unpaired) electrons. The fraction of sp³-hybridized carbons (Fsp3) is 0.900. The van der Waals surface area contributed by atoms with E-state index in [-0.39, 0.29) is 11.7 Å². The first-order valence-electron chi connectivity index (χ1n) is 9.57. The quantitative estimate of drug-likeness (QED) is 0.705. The third-order valence-electron chi connectivity index (χ3n) is 5.51. The van der Waals surface area contributed by atoms with Crippen molar-refractivity contribution >= 4 is 0 Å². The lowest BCUT2D eigenvalue weighted by Gasteiger charge is -2.31. The van der Waals surface area contributed by atoms with Crippen LogP contribution in [0.25, 0.3) is 0 Å². The summed E-state index contributed by atoms with van der Waals surface area (Å²) in [4.78, 5) is 0. The number of aliphatic hydroxyl groups excluding tert-OH is 1. The molecule has 4 nitrogen and oxygen atoms in total. The van der Waals surface area contributed by atoms with Gasteiger partial charge in [-0.2, -0.15) is 0 Å². The summed E-state index contributed by atoms with van der Waals surface area (Å²) >= 11 is 0. The zero-order valence-corrected chi connectivity index (χ0v) is 16.0. The molecule has 0 bridgehead atoms. The lowest BCUT2D eigenvalue weighted by Crippen LogP contribution is -2.37. The molecule has 2 fully saturated rings. The number of aliphatic hydroxyl groups is 1. The van der Waals surface area contributed by atoms with E-state index >= 15 is 0 Å². The van der Waals surface area contributed by atoms with Crippen LogP contribution >= 0.6 is 0 Å². The summed E-state index contributed by atoms with van der Waals surface area (Å²) in [5, 5.41) is 10.2. The predicted molar refractivity (Wildman–Crippen MR) is 95.9 cm³/mol. The number of ether oxygens (including phenoxy) is 3. The van der Waals surface area contributed by atoms with E-state index in [9.17, 15) is 5.11 Å². The highest BCUT2D eigenvalue weighted by Crippen LogP contribution is 2.36. The van der Waals surface area contributed by atoms with Crippen LogP contribution < -0.4 is 0 Å². The van der Waals surface area contributed by atoms with Gasteiger partial charge in [-0.05, 0) is 58.8 Å². The van der Waals surface area contributed by atoms with Gasteiger partial charge < -0.3 is 19.3 Å². The maximum atomic E-state index is 10.2. The summed E-state index contributed by atoms with van der Waals surface area (Å²) in [5.41, 5.74) is 1.18. The summed E-state index contributed by atoms with van der Waals surface area (Å²) in [7, 11) is 0. The van der Waals surface area contributed by atoms with E-state index in [0.717, 1.165) is 44.9 Å². The molecule has 1 spiro atoms. The van der Waals surface area contributed by atoms with Gasteiger partial charge in [-0.3, -0.25) is 0 Å². The van der Waals surface area contributed by atoms with Crippen molar-refractivity contribution in [3.8, 4) is 0 Å². The van der Waals surface area contributed by atoms with Crippen molar-refractivity contribution in [2.24, 2.45) is 5.92 Å². The lowest BCUT2D eigenvalue weighted by molar-refractivity contribution is -0.208. The monoisotopic (exact) mass is 340 g/mol. The maximum Gasteiger partial charge on any atom is 0.191 e. The van der Waals surface area contributed by atoms with Crippen molar-refractivity contribution in [2.75, 3.05) is 19.8 Å². The van der Waals surface area contributed by atoms with Gasteiger partial charge in [0.15, 0.2) is 5.79 Å². The van der Waals surface area contributed by atoms with Gasteiger partial charge in [0.25, 0.3) is 0 Å². The fourth-order valence-electron chi connectivity index (χ4n) is 3.66. The van der Waals surface area contributed by atoms with Gasteiger partial charge in [0, 0.05) is 6.42 Å². The Morgan fingerprint density at radius 2 is 1.88 bits per heavy atom. The van der Waals surface area contributed by atoms with Crippen molar-refractivity contribution in [2.45, 2.75) is 90.1 Å². The highest BCUT2D eigenvalue weighted by molar-refractivity contribution is 4.94. The third kappa shape index (κ3) is 5.83. The number of hydrogen-bond acceptors (Lipinski definition) is 4. The Hall–Kier alpha value is -0.420. The molecular weight excluding hydrogens is 304 g/mol. The van der Waals surface area contributed by atoms with E-state index in [2.05, 4.69) is 33.8 Å². The van der Waals surface area contributed by atoms with Crippen molar-refractivity contribution in [1.82, 2.24) is 0 Å². The summed E-state index contributed by atoms with van der Waals surface area (Å²) in [6.45, 7) is 10.4. The molecule has 0 aliphatic carbocycles. The SMILES string of the molecule is CC(C)=CCC(O)C(C)CCCC1(C)CCCC2(CO1)OCCO2. The van der Waals surface area contributed by atoms with Crippen LogP contribution in [0.2, 0.25) is 0 Å². The Morgan fingerprint density at radius 3 is 2.54 bits per heavy atom. The van der Waals surface area contributed by atoms with Crippen LogP contribution in [0.3, 0.4) is 0 Å². The number of allylic oxidation sites excluding steroid dienone is 1. The summed E-state index contributed by atoms with van der Waals surface area (Å²) in [6, 6.07) is 0. The summed E-state index contributed by atoms with van der Waals surface area (Å²) < 4.78 is 17.8. The van der Waals surface area contributed by atoms with Crippen molar-refractivity contribution in [3.05, 3.63) is 11.6 Å². The van der Waals surface area contributed by atoms with Gasteiger partial charge in [-0.1, -0.05) is 25.0 Å². The predicted octanol–water partition coefficient (Wildman–Crippen LogP) is 4.21. The van der Waals surface area contributed by atoms with E-state index in [0.29, 0.717) is 25.7 Å². The molecule has 0 aromatic rings. The number of hydrogen-bond donors (Lipinski definition) is 1. The van der Waals surface area contributed by atoms with Crippen molar-refractivity contribution < 1.29 is 19.3 Å². The summed E-state index contributed by atoms with van der Waals surface area (Å²) in [6.07, 6.45) is 8.85. The van der Waals surface area contributed by atoms with E-state index in [1.807, 2.05) is 0 Å². The first-order chi connectivity index (χ1) is 11.3. The largest absolute Gasteiger partial charge is 0.393 e. The summed E-state index contributed by atoms with van der Waals surface area (Å²) in [5.74, 6) is -0.159. The second-order valence-corrected chi connectivity index (χ2v) is 8.15. The van der Waals surface area contributed by atoms with Gasteiger partial charge in [0.2, 0.25) is 0 Å². The van der Waals surface area contributed by atoms with Crippen LogP contribution in [-0.2, 0) is 14.2 Å². The minimum absolute atomic E-state index is 0.0939. The highest BCUT2D eigenvalue weighted by atomic mass is 16.8. The van der Waals surface area contributed by atoms with Gasteiger partial charge in [-0.15, -0.1) is 0 Å². The Labute approximate surface area is 147 Å². The average Bonchev–Trinajstić information content (AvgIpc) is 2.93. The van der Waals surface area contributed by atoms with Gasteiger partial charge in [-0.25, -0.2) is 0 Å². The molecule has 2 heterocycles. The lowest BCUT2D eigenvalue weighted by atomic mass is 9.89. The van der Waals surface area contributed by atoms with Crippen LogP contribution in [0, 0.1) is 5.92 Å². The van der Waals surface area contributed by atoms with Crippen molar-refractivity contribution in [1.29, 1.82) is 0 Å². The van der Waals surface area contributed by atoms with Crippen LogP contribution in [0.15, 0.2) is 11.6 Å². The Balaban J connectivity index is 1.73. The molecule has 0 amide bonds. The zero-order chi connectivity index (χ0) is 17.6. The van der Waals surface area contributed by atoms with E-state index in [4.69, 9.17) is 14.2 Å². The van der Waals surface area contributed by atoms with Gasteiger partial charge in [0.05, 0.1) is 24.9 Å². The number of rotatable bonds is 7. The molecule has 4 heteroatoms. The van der Waals surface area contributed by atoms with Crippen LogP contribution in [0.5, 0.6) is 0 Å². The first kappa shape index (κ1) is 19.9. The normalized spacial score (nSPS) is 29.2. The average molecular weight is 341 g/mol.